The number of aromatic nitrogens is 2. The molecule has 0 unspecified atom stereocenters. The van der Waals surface area contributed by atoms with Crippen LogP contribution in [0.3, 0.4) is 0 Å². The van der Waals surface area contributed by atoms with Crippen LogP contribution >= 0.6 is 15.9 Å². The second-order valence-electron chi connectivity index (χ2n) is 5.55. The minimum Gasteiger partial charge on any atom is -0.388 e. The zero-order chi connectivity index (χ0) is 13.8. The molecule has 1 aromatic heterocycles. The Labute approximate surface area is 119 Å². The summed E-state index contributed by atoms with van der Waals surface area (Å²) in [7, 11) is 0. The standard InChI is InChI=1S/C14H16BrFN2O/c1-8-17-13-10(16)6-9(15)7-11(13)18(8)12-4-3-5-14(12,2)19/h6-7,12,19H,3-5H2,1-2H3/t12-,14-/m1/s1. The van der Waals surface area contributed by atoms with Crippen LogP contribution in [0.15, 0.2) is 16.6 Å². The van der Waals surface area contributed by atoms with Crippen LogP contribution in [-0.2, 0) is 0 Å². The molecule has 102 valence electrons. The third kappa shape index (κ3) is 1.99. The van der Waals surface area contributed by atoms with Gasteiger partial charge in [0.1, 0.15) is 11.3 Å². The average Bonchev–Trinajstić information content (AvgIpc) is 2.78. The van der Waals surface area contributed by atoms with Gasteiger partial charge < -0.3 is 9.67 Å². The SMILES string of the molecule is Cc1nc2c(F)cc(Br)cc2n1[C@@H]1CCC[C@@]1(C)O. The average molecular weight is 327 g/mol. The van der Waals surface area contributed by atoms with Gasteiger partial charge in [-0.3, -0.25) is 0 Å². The largest absolute Gasteiger partial charge is 0.388 e. The monoisotopic (exact) mass is 326 g/mol. The summed E-state index contributed by atoms with van der Waals surface area (Å²) in [5.41, 5.74) is 0.372. The summed E-state index contributed by atoms with van der Waals surface area (Å²) in [5, 5.41) is 10.5. The molecule has 2 atom stereocenters. The second-order valence-corrected chi connectivity index (χ2v) is 6.47. The van der Waals surface area contributed by atoms with E-state index in [1.54, 1.807) is 0 Å². The topological polar surface area (TPSA) is 38.0 Å². The predicted octanol–water partition coefficient (Wildman–Crippen LogP) is 3.72. The Morgan fingerprint density at radius 1 is 1.53 bits per heavy atom. The van der Waals surface area contributed by atoms with E-state index < -0.39 is 5.60 Å². The number of fused-ring (bicyclic) bond motifs is 1. The molecule has 0 radical (unpaired) electrons. The molecule has 1 fully saturated rings. The fourth-order valence-corrected chi connectivity index (χ4v) is 3.59. The van der Waals surface area contributed by atoms with E-state index in [9.17, 15) is 9.50 Å². The maximum absolute atomic E-state index is 14.0. The molecule has 0 bridgehead atoms. The molecule has 1 aliphatic rings. The van der Waals surface area contributed by atoms with Gasteiger partial charge in [0.05, 0.1) is 17.2 Å². The Hall–Kier alpha value is -0.940. The number of aryl methyl sites for hydroxylation is 1. The fraction of sp³-hybridized carbons (Fsp3) is 0.500. The van der Waals surface area contributed by atoms with Gasteiger partial charge in [-0.2, -0.15) is 0 Å². The lowest BCUT2D eigenvalue weighted by Crippen LogP contribution is -2.31. The van der Waals surface area contributed by atoms with Gasteiger partial charge in [0, 0.05) is 4.47 Å². The van der Waals surface area contributed by atoms with Gasteiger partial charge in [0.25, 0.3) is 0 Å². The quantitative estimate of drug-likeness (QED) is 0.867. The number of hydrogen-bond donors (Lipinski definition) is 1. The third-order valence-electron chi connectivity index (χ3n) is 4.08. The molecule has 1 heterocycles. The lowest BCUT2D eigenvalue weighted by molar-refractivity contribution is 0.0272. The molecule has 2 aromatic rings. The normalized spacial score (nSPS) is 27.3. The number of hydrogen-bond acceptors (Lipinski definition) is 2. The van der Waals surface area contributed by atoms with Gasteiger partial charge in [-0.25, -0.2) is 9.37 Å². The number of rotatable bonds is 1. The molecule has 0 spiro atoms. The van der Waals surface area contributed by atoms with E-state index in [0.717, 1.165) is 30.6 Å². The highest BCUT2D eigenvalue weighted by Gasteiger charge is 2.39. The minimum atomic E-state index is -0.753. The Balaban J connectivity index is 2.26. The summed E-state index contributed by atoms with van der Waals surface area (Å²) in [6.07, 6.45) is 2.65. The smallest absolute Gasteiger partial charge is 0.152 e. The predicted molar refractivity (Wildman–Crippen MR) is 75.6 cm³/mol. The van der Waals surface area contributed by atoms with Crippen LogP contribution < -0.4 is 0 Å². The Morgan fingerprint density at radius 2 is 2.26 bits per heavy atom. The number of aliphatic hydroxyl groups is 1. The van der Waals surface area contributed by atoms with Crippen LogP contribution in [0.5, 0.6) is 0 Å². The van der Waals surface area contributed by atoms with Gasteiger partial charge >= 0.3 is 0 Å². The first-order chi connectivity index (χ1) is 8.90. The lowest BCUT2D eigenvalue weighted by Gasteiger charge is -2.28. The van der Waals surface area contributed by atoms with Crippen molar-refractivity contribution in [1.29, 1.82) is 0 Å². The molecule has 19 heavy (non-hydrogen) atoms. The molecule has 0 aliphatic heterocycles. The van der Waals surface area contributed by atoms with E-state index >= 15 is 0 Å². The summed E-state index contributed by atoms with van der Waals surface area (Å²) in [6, 6.07) is 3.25. The highest BCUT2D eigenvalue weighted by molar-refractivity contribution is 9.10. The highest BCUT2D eigenvalue weighted by Crippen LogP contribution is 2.41. The molecule has 1 aliphatic carbocycles. The molecule has 5 heteroatoms. The van der Waals surface area contributed by atoms with Gasteiger partial charge in [-0.05, 0) is 45.2 Å². The van der Waals surface area contributed by atoms with Crippen molar-refractivity contribution in [2.24, 2.45) is 0 Å². The molecule has 1 N–H and O–H groups in total. The van der Waals surface area contributed by atoms with Crippen LogP contribution in [0.25, 0.3) is 11.0 Å². The number of imidazole rings is 1. The lowest BCUT2D eigenvalue weighted by atomic mass is 10.00. The van der Waals surface area contributed by atoms with E-state index in [-0.39, 0.29) is 11.9 Å². The maximum Gasteiger partial charge on any atom is 0.152 e. The molecule has 1 saturated carbocycles. The first-order valence-corrected chi connectivity index (χ1v) is 7.25. The zero-order valence-corrected chi connectivity index (χ0v) is 12.5. The number of halogens is 2. The molecular formula is C14H16BrFN2O. The molecule has 0 amide bonds. The summed E-state index contributed by atoms with van der Waals surface area (Å²) in [4.78, 5) is 4.32. The van der Waals surface area contributed by atoms with Crippen molar-refractivity contribution in [2.75, 3.05) is 0 Å². The van der Waals surface area contributed by atoms with Crippen LogP contribution in [0.2, 0.25) is 0 Å². The van der Waals surface area contributed by atoms with Gasteiger partial charge in [-0.15, -0.1) is 0 Å². The van der Waals surface area contributed by atoms with E-state index in [1.165, 1.54) is 6.07 Å². The van der Waals surface area contributed by atoms with Crippen molar-refractivity contribution in [3.8, 4) is 0 Å². The van der Waals surface area contributed by atoms with Gasteiger partial charge in [0.15, 0.2) is 5.82 Å². The minimum absolute atomic E-state index is 0.0359. The van der Waals surface area contributed by atoms with Crippen molar-refractivity contribution >= 4 is 27.0 Å². The fourth-order valence-electron chi connectivity index (χ4n) is 3.17. The Kier molecular flexibility index (Phi) is 2.94. The Morgan fingerprint density at radius 3 is 2.89 bits per heavy atom. The highest BCUT2D eigenvalue weighted by atomic mass is 79.9. The number of nitrogens with zero attached hydrogens (tertiary/aromatic N) is 2. The second kappa shape index (κ2) is 4.28. The first kappa shape index (κ1) is 13.1. The van der Waals surface area contributed by atoms with E-state index in [2.05, 4.69) is 20.9 Å². The van der Waals surface area contributed by atoms with Crippen molar-refractivity contribution in [3.05, 3.63) is 28.2 Å². The summed E-state index contributed by atoms with van der Waals surface area (Å²) in [6.45, 7) is 3.71. The van der Waals surface area contributed by atoms with Crippen molar-refractivity contribution < 1.29 is 9.50 Å². The summed E-state index contributed by atoms with van der Waals surface area (Å²) < 4.78 is 16.6. The summed E-state index contributed by atoms with van der Waals surface area (Å²) in [5.74, 6) is 0.419. The van der Waals surface area contributed by atoms with E-state index in [1.807, 2.05) is 24.5 Å². The van der Waals surface area contributed by atoms with E-state index in [4.69, 9.17) is 0 Å². The molecular weight excluding hydrogens is 311 g/mol. The van der Waals surface area contributed by atoms with Crippen LogP contribution in [0, 0.1) is 12.7 Å². The van der Waals surface area contributed by atoms with Crippen molar-refractivity contribution in [3.63, 3.8) is 0 Å². The van der Waals surface area contributed by atoms with Crippen LogP contribution in [0.4, 0.5) is 4.39 Å². The van der Waals surface area contributed by atoms with Gasteiger partial charge in [-0.1, -0.05) is 15.9 Å². The van der Waals surface area contributed by atoms with Gasteiger partial charge in [0.2, 0.25) is 0 Å². The van der Waals surface area contributed by atoms with Crippen LogP contribution in [0.1, 0.15) is 38.1 Å². The Bertz CT molecular complexity index is 650. The first-order valence-electron chi connectivity index (χ1n) is 6.46. The zero-order valence-electron chi connectivity index (χ0n) is 11.0. The maximum atomic E-state index is 14.0. The third-order valence-corrected chi connectivity index (χ3v) is 4.54. The molecule has 0 saturated heterocycles. The molecule has 3 rings (SSSR count). The number of benzene rings is 1. The van der Waals surface area contributed by atoms with Crippen molar-refractivity contribution in [2.45, 2.75) is 44.8 Å². The van der Waals surface area contributed by atoms with Crippen LogP contribution in [-0.4, -0.2) is 20.3 Å². The molecule has 1 aromatic carbocycles. The molecule has 3 nitrogen and oxygen atoms in total. The van der Waals surface area contributed by atoms with Crippen molar-refractivity contribution in [1.82, 2.24) is 9.55 Å². The summed E-state index contributed by atoms with van der Waals surface area (Å²) >= 11 is 3.32. The van der Waals surface area contributed by atoms with E-state index in [0.29, 0.717) is 9.99 Å².